The van der Waals surface area contributed by atoms with Crippen LogP contribution in [0.1, 0.15) is 35.0 Å². The second-order valence-corrected chi connectivity index (χ2v) is 6.44. The monoisotopic (exact) mass is 330 g/mol. The predicted molar refractivity (Wildman–Crippen MR) is 96.9 cm³/mol. The molecule has 0 fully saturated rings. The molecule has 1 aromatic carbocycles. The molecule has 5 nitrogen and oxygen atoms in total. The van der Waals surface area contributed by atoms with Gasteiger partial charge in [0, 0.05) is 18.6 Å². The van der Waals surface area contributed by atoms with E-state index in [-0.39, 0.29) is 0 Å². The summed E-state index contributed by atoms with van der Waals surface area (Å²) in [5, 5.41) is 13.2. The lowest BCUT2D eigenvalue weighted by atomic mass is 10.0. The number of para-hydroxylation sites is 2. The molecule has 0 saturated carbocycles. The van der Waals surface area contributed by atoms with Crippen LogP contribution in [0.4, 0.5) is 0 Å². The smallest absolute Gasteiger partial charge is 0.228 e. The number of aryl methyl sites for hydroxylation is 2. The minimum atomic E-state index is 0.651. The highest BCUT2D eigenvalue weighted by molar-refractivity contribution is 5.84. The zero-order valence-corrected chi connectivity index (χ0v) is 14.9. The summed E-state index contributed by atoms with van der Waals surface area (Å²) in [6.07, 6.45) is 0.836. The molecule has 124 valence electrons. The molecule has 0 atom stereocenters. The fraction of sp³-hybridized carbons (Fsp3) is 0.250. The SMILES string of the molecule is CCc1c(C)c(C#N)c2nc3ccccc3n2c1-[n+]1[nH]c(C)cc1C. The van der Waals surface area contributed by atoms with E-state index in [1.807, 2.05) is 25.1 Å². The summed E-state index contributed by atoms with van der Waals surface area (Å²) in [6, 6.07) is 12.5. The number of benzene rings is 1. The molecule has 0 unspecified atom stereocenters. The molecule has 5 heteroatoms. The van der Waals surface area contributed by atoms with E-state index in [0.29, 0.717) is 11.2 Å². The minimum absolute atomic E-state index is 0.651. The van der Waals surface area contributed by atoms with Crippen LogP contribution in [0, 0.1) is 32.1 Å². The third kappa shape index (κ3) is 2.07. The highest BCUT2D eigenvalue weighted by Crippen LogP contribution is 2.28. The van der Waals surface area contributed by atoms with Gasteiger partial charge < -0.3 is 0 Å². The Morgan fingerprint density at radius 2 is 2.00 bits per heavy atom. The Balaban J connectivity index is 2.32. The van der Waals surface area contributed by atoms with Crippen molar-refractivity contribution in [3.05, 3.63) is 58.4 Å². The average molecular weight is 330 g/mol. The van der Waals surface area contributed by atoms with E-state index in [0.717, 1.165) is 45.8 Å². The van der Waals surface area contributed by atoms with E-state index < -0.39 is 0 Å². The van der Waals surface area contributed by atoms with Crippen molar-refractivity contribution < 1.29 is 4.68 Å². The Kier molecular flexibility index (Phi) is 3.36. The molecule has 0 spiro atoms. The Bertz CT molecular complexity index is 1170. The number of nitriles is 1. The molecular formula is C20H20N5+. The molecule has 0 aliphatic carbocycles. The van der Waals surface area contributed by atoms with Gasteiger partial charge in [0.1, 0.15) is 22.8 Å². The lowest BCUT2D eigenvalue weighted by Gasteiger charge is -2.10. The van der Waals surface area contributed by atoms with E-state index >= 15 is 0 Å². The molecule has 0 amide bonds. The fourth-order valence-electron chi connectivity index (χ4n) is 3.72. The molecule has 3 heterocycles. The van der Waals surface area contributed by atoms with Crippen LogP contribution >= 0.6 is 0 Å². The third-order valence-electron chi connectivity index (χ3n) is 4.84. The molecule has 0 saturated heterocycles. The summed E-state index contributed by atoms with van der Waals surface area (Å²) in [4.78, 5) is 4.76. The van der Waals surface area contributed by atoms with Gasteiger partial charge in [0.2, 0.25) is 5.65 Å². The van der Waals surface area contributed by atoms with Crippen LogP contribution in [-0.2, 0) is 6.42 Å². The highest BCUT2D eigenvalue weighted by atomic mass is 15.3. The van der Waals surface area contributed by atoms with E-state index in [9.17, 15) is 5.26 Å². The number of hydrogen-bond donors (Lipinski definition) is 1. The van der Waals surface area contributed by atoms with E-state index in [1.165, 1.54) is 0 Å². The Labute approximate surface area is 146 Å². The van der Waals surface area contributed by atoms with Crippen molar-refractivity contribution >= 4 is 16.7 Å². The van der Waals surface area contributed by atoms with Crippen molar-refractivity contribution in [3.63, 3.8) is 0 Å². The van der Waals surface area contributed by atoms with Crippen molar-refractivity contribution in [1.29, 1.82) is 5.26 Å². The summed E-state index contributed by atoms with van der Waals surface area (Å²) in [5.74, 6) is 1.04. The maximum Gasteiger partial charge on any atom is 0.315 e. The van der Waals surface area contributed by atoms with Gasteiger partial charge in [0.15, 0.2) is 5.52 Å². The molecule has 25 heavy (non-hydrogen) atoms. The van der Waals surface area contributed by atoms with Gasteiger partial charge in [-0.15, -0.1) is 4.68 Å². The first kappa shape index (κ1) is 15.4. The van der Waals surface area contributed by atoms with Gasteiger partial charge in [0.05, 0.1) is 5.69 Å². The number of rotatable bonds is 2. The summed E-state index contributed by atoms with van der Waals surface area (Å²) in [5.41, 5.74) is 7.65. The lowest BCUT2D eigenvalue weighted by Crippen LogP contribution is -2.39. The number of imidazole rings is 1. The zero-order valence-electron chi connectivity index (χ0n) is 14.9. The number of H-pyrrole nitrogens is 1. The largest absolute Gasteiger partial charge is 0.315 e. The van der Waals surface area contributed by atoms with Crippen LogP contribution in [0.2, 0.25) is 0 Å². The zero-order chi connectivity index (χ0) is 17.7. The molecule has 4 aromatic rings. The van der Waals surface area contributed by atoms with E-state index in [4.69, 9.17) is 4.98 Å². The highest BCUT2D eigenvalue weighted by Gasteiger charge is 2.29. The number of aromatic nitrogens is 4. The molecular weight excluding hydrogens is 310 g/mol. The number of nitrogens with one attached hydrogen (secondary N) is 1. The molecule has 0 aliphatic rings. The van der Waals surface area contributed by atoms with Gasteiger partial charge in [-0.3, -0.25) is 0 Å². The van der Waals surface area contributed by atoms with E-state index in [1.54, 1.807) is 0 Å². The Morgan fingerprint density at radius 1 is 1.24 bits per heavy atom. The predicted octanol–water partition coefficient (Wildman–Crippen LogP) is 3.45. The van der Waals surface area contributed by atoms with E-state index in [2.05, 4.69) is 53.2 Å². The average Bonchev–Trinajstić information content (AvgIpc) is 3.13. The first-order valence-electron chi connectivity index (χ1n) is 8.48. The maximum atomic E-state index is 9.76. The number of pyridine rings is 1. The normalized spacial score (nSPS) is 11.3. The Morgan fingerprint density at radius 3 is 2.64 bits per heavy atom. The second-order valence-electron chi connectivity index (χ2n) is 6.44. The van der Waals surface area contributed by atoms with Crippen molar-refractivity contribution in [3.8, 4) is 11.9 Å². The second kappa shape index (κ2) is 5.45. The first-order chi connectivity index (χ1) is 12.1. The minimum Gasteiger partial charge on any atom is -0.228 e. The molecule has 0 radical (unpaired) electrons. The van der Waals surface area contributed by atoms with Gasteiger partial charge in [0.25, 0.3) is 0 Å². The first-order valence-corrected chi connectivity index (χ1v) is 8.48. The molecule has 0 bridgehead atoms. The van der Waals surface area contributed by atoms with Crippen LogP contribution in [0.15, 0.2) is 30.3 Å². The fourth-order valence-corrected chi connectivity index (χ4v) is 3.72. The van der Waals surface area contributed by atoms with Gasteiger partial charge in [-0.25, -0.2) is 10.1 Å². The summed E-state index contributed by atoms with van der Waals surface area (Å²) < 4.78 is 4.21. The number of fused-ring (bicyclic) bond motifs is 3. The standard InChI is InChI=1S/C20H19N5/c1-5-15-14(4)16(11-21)19-22-17-8-6-7-9-18(17)24(19)20(15)25-13(3)10-12(2)23-25/h6-10H,5H2,1-4H3/p+1. The van der Waals surface area contributed by atoms with Crippen LogP contribution in [0.5, 0.6) is 0 Å². The summed E-state index contributed by atoms with van der Waals surface area (Å²) >= 11 is 0. The molecule has 4 rings (SSSR count). The van der Waals surface area contributed by atoms with Gasteiger partial charge >= 0.3 is 5.82 Å². The lowest BCUT2D eigenvalue weighted by molar-refractivity contribution is -0.666. The van der Waals surface area contributed by atoms with Crippen LogP contribution in [0.3, 0.4) is 0 Å². The molecule has 0 aliphatic heterocycles. The number of nitrogens with zero attached hydrogens (tertiary/aromatic N) is 4. The van der Waals surface area contributed by atoms with Crippen molar-refractivity contribution in [2.24, 2.45) is 0 Å². The molecule has 1 N–H and O–H groups in total. The van der Waals surface area contributed by atoms with Gasteiger partial charge in [-0.05, 0) is 38.0 Å². The van der Waals surface area contributed by atoms with Gasteiger partial charge in [-0.1, -0.05) is 19.1 Å². The summed E-state index contributed by atoms with van der Waals surface area (Å²) in [6.45, 7) is 8.28. The van der Waals surface area contributed by atoms with Crippen LogP contribution in [0.25, 0.3) is 22.5 Å². The van der Waals surface area contributed by atoms with Crippen molar-refractivity contribution in [2.45, 2.75) is 34.1 Å². The number of hydrogen-bond acceptors (Lipinski definition) is 2. The number of aromatic amines is 1. The Hall–Kier alpha value is -3.13. The maximum absolute atomic E-state index is 9.76. The van der Waals surface area contributed by atoms with Crippen LogP contribution in [-0.4, -0.2) is 14.5 Å². The molecule has 3 aromatic heterocycles. The van der Waals surface area contributed by atoms with Gasteiger partial charge in [-0.2, -0.15) is 9.66 Å². The third-order valence-corrected chi connectivity index (χ3v) is 4.84. The van der Waals surface area contributed by atoms with Crippen molar-refractivity contribution in [2.75, 3.05) is 0 Å². The topological polar surface area (TPSA) is 60.8 Å². The quantitative estimate of drug-likeness (QED) is 0.572. The van der Waals surface area contributed by atoms with Crippen LogP contribution < -0.4 is 4.68 Å². The summed E-state index contributed by atoms with van der Waals surface area (Å²) in [7, 11) is 0. The van der Waals surface area contributed by atoms with Crippen molar-refractivity contribution in [1.82, 2.24) is 14.5 Å².